The van der Waals surface area contributed by atoms with Crippen molar-refractivity contribution in [3.8, 4) is 0 Å². The Kier molecular flexibility index (Phi) is 3.32. The molecule has 0 radical (unpaired) electrons. The second-order valence-corrected chi connectivity index (χ2v) is 4.16. The number of rotatable bonds is 4. The van der Waals surface area contributed by atoms with Crippen molar-refractivity contribution in [2.24, 2.45) is 5.73 Å². The van der Waals surface area contributed by atoms with Gasteiger partial charge in [0.2, 0.25) is 0 Å². The smallest absolute Gasteiger partial charge is 0.271 e. The first-order valence-electron chi connectivity index (χ1n) is 5.80. The van der Waals surface area contributed by atoms with Gasteiger partial charge in [0.1, 0.15) is 0 Å². The fraction of sp³-hybridized carbons (Fsp3) is 0.231. The molecule has 2 aromatic rings. The molecular weight excluding hydrogens is 228 g/mol. The maximum absolute atomic E-state index is 11.0. The molecule has 0 unspecified atom stereocenters. The van der Waals surface area contributed by atoms with Gasteiger partial charge in [0, 0.05) is 6.20 Å². The summed E-state index contributed by atoms with van der Waals surface area (Å²) in [6.07, 6.45) is 2.63. The Labute approximate surface area is 105 Å². The number of nitrogens with zero attached hydrogens (tertiary/aromatic N) is 2. The highest BCUT2D eigenvalue weighted by Gasteiger charge is 2.11. The molecule has 5 heteroatoms. The van der Waals surface area contributed by atoms with Gasteiger partial charge in [-0.25, -0.2) is 0 Å². The minimum absolute atomic E-state index is 0.125. The normalized spacial score (nSPS) is 10.5. The van der Waals surface area contributed by atoms with E-state index in [1.807, 2.05) is 12.1 Å². The number of amides is 1. The molecule has 0 saturated heterocycles. The molecule has 2 rings (SSSR count). The predicted octanol–water partition coefficient (Wildman–Crippen LogP) is 1.17. The Hall–Kier alpha value is -2.30. The van der Waals surface area contributed by atoms with Crippen LogP contribution in [0.3, 0.4) is 0 Å². The second kappa shape index (κ2) is 4.91. The molecule has 0 fully saturated rings. The summed E-state index contributed by atoms with van der Waals surface area (Å²) < 4.78 is 1.62. The summed E-state index contributed by atoms with van der Waals surface area (Å²) in [5.41, 5.74) is 13.7. The summed E-state index contributed by atoms with van der Waals surface area (Å²) in [6.45, 7) is 2.68. The van der Waals surface area contributed by atoms with Gasteiger partial charge in [-0.05, 0) is 17.5 Å². The van der Waals surface area contributed by atoms with Crippen molar-refractivity contribution < 1.29 is 4.79 Å². The molecule has 1 aromatic heterocycles. The van der Waals surface area contributed by atoms with E-state index in [1.54, 1.807) is 10.9 Å². The first-order chi connectivity index (χ1) is 8.60. The van der Waals surface area contributed by atoms with Gasteiger partial charge in [-0.15, -0.1) is 0 Å². The van der Waals surface area contributed by atoms with Crippen molar-refractivity contribution in [2.75, 3.05) is 5.73 Å². The van der Waals surface area contributed by atoms with E-state index >= 15 is 0 Å². The van der Waals surface area contributed by atoms with Crippen molar-refractivity contribution in [1.82, 2.24) is 9.78 Å². The SMILES string of the molecule is CCc1ccc(Cn2cc(N)c(C(N)=O)n2)cc1. The minimum atomic E-state index is -0.604. The highest BCUT2D eigenvalue weighted by atomic mass is 16.1. The maximum Gasteiger partial charge on any atom is 0.271 e. The quantitative estimate of drug-likeness (QED) is 0.846. The standard InChI is InChI=1S/C13H16N4O/c1-2-9-3-5-10(6-4-9)7-17-8-11(14)12(16-17)13(15)18/h3-6,8H,2,7,14H2,1H3,(H2,15,18). The largest absolute Gasteiger partial charge is 0.396 e. The number of carbonyl (C=O) groups is 1. The number of aromatic nitrogens is 2. The summed E-state index contributed by atoms with van der Waals surface area (Å²) in [4.78, 5) is 11.0. The first-order valence-corrected chi connectivity index (χ1v) is 5.80. The van der Waals surface area contributed by atoms with Crippen LogP contribution in [0.5, 0.6) is 0 Å². The van der Waals surface area contributed by atoms with E-state index in [0.29, 0.717) is 12.2 Å². The van der Waals surface area contributed by atoms with Gasteiger partial charge in [-0.1, -0.05) is 31.2 Å². The molecular formula is C13H16N4O. The molecule has 1 heterocycles. The predicted molar refractivity (Wildman–Crippen MR) is 70.1 cm³/mol. The minimum Gasteiger partial charge on any atom is -0.396 e. The van der Waals surface area contributed by atoms with Crippen LogP contribution in [0.25, 0.3) is 0 Å². The van der Waals surface area contributed by atoms with Crippen LogP contribution in [-0.4, -0.2) is 15.7 Å². The molecule has 0 spiro atoms. The van der Waals surface area contributed by atoms with E-state index in [1.165, 1.54) is 5.56 Å². The zero-order valence-electron chi connectivity index (χ0n) is 10.3. The van der Waals surface area contributed by atoms with E-state index in [0.717, 1.165) is 12.0 Å². The lowest BCUT2D eigenvalue weighted by Gasteiger charge is -2.03. The fourth-order valence-corrected chi connectivity index (χ4v) is 1.78. The lowest BCUT2D eigenvalue weighted by Crippen LogP contribution is -2.14. The van der Waals surface area contributed by atoms with E-state index in [2.05, 4.69) is 24.2 Å². The third-order valence-electron chi connectivity index (χ3n) is 2.80. The Morgan fingerprint density at radius 2 is 1.89 bits per heavy atom. The number of carbonyl (C=O) groups excluding carboxylic acids is 1. The Bertz CT molecular complexity index is 557. The molecule has 0 bridgehead atoms. The molecule has 94 valence electrons. The number of hydrogen-bond donors (Lipinski definition) is 2. The number of aryl methyl sites for hydroxylation is 1. The van der Waals surface area contributed by atoms with Crippen LogP contribution in [-0.2, 0) is 13.0 Å². The third-order valence-corrected chi connectivity index (χ3v) is 2.80. The van der Waals surface area contributed by atoms with Gasteiger partial charge < -0.3 is 11.5 Å². The van der Waals surface area contributed by atoms with Gasteiger partial charge >= 0.3 is 0 Å². The summed E-state index contributed by atoms with van der Waals surface area (Å²) in [6, 6.07) is 8.25. The lowest BCUT2D eigenvalue weighted by molar-refractivity contribution is 0.0995. The summed E-state index contributed by atoms with van der Waals surface area (Å²) in [5, 5.41) is 4.06. The van der Waals surface area contributed by atoms with Crippen molar-refractivity contribution in [3.63, 3.8) is 0 Å². The molecule has 0 aliphatic rings. The Morgan fingerprint density at radius 1 is 1.28 bits per heavy atom. The van der Waals surface area contributed by atoms with Crippen LogP contribution in [0.15, 0.2) is 30.5 Å². The molecule has 4 N–H and O–H groups in total. The molecule has 0 atom stereocenters. The van der Waals surface area contributed by atoms with Crippen molar-refractivity contribution in [2.45, 2.75) is 19.9 Å². The molecule has 0 aliphatic heterocycles. The molecule has 1 amide bonds. The average molecular weight is 244 g/mol. The summed E-state index contributed by atoms with van der Waals surface area (Å²) in [7, 11) is 0. The van der Waals surface area contributed by atoms with Crippen molar-refractivity contribution >= 4 is 11.6 Å². The first kappa shape index (κ1) is 12.2. The van der Waals surface area contributed by atoms with Crippen LogP contribution in [0.4, 0.5) is 5.69 Å². The lowest BCUT2D eigenvalue weighted by atomic mass is 10.1. The van der Waals surface area contributed by atoms with Crippen LogP contribution in [0.1, 0.15) is 28.5 Å². The van der Waals surface area contributed by atoms with E-state index in [-0.39, 0.29) is 5.69 Å². The van der Waals surface area contributed by atoms with Crippen LogP contribution in [0.2, 0.25) is 0 Å². The number of primary amides is 1. The average Bonchev–Trinajstić information content (AvgIpc) is 2.71. The number of nitrogens with two attached hydrogens (primary N) is 2. The number of hydrogen-bond acceptors (Lipinski definition) is 3. The number of benzene rings is 1. The number of anilines is 1. The topological polar surface area (TPSA) is 86.9 Å². The van der Waals surface area contributed by atoms with Crippen molar-refractivity contribution in [1.29, 1.82) is 0 Å². The van der Waals surface area contributed by atoms with Crippen molar-refractivity contribution in [3.05, 3.63) is 47.3 Å². The molecule has 0 aliphatic carbocycles. The Balaban J connectivity index is 2.18. The highest BCUT2D eigenvalue weighted by Crippen LogP contribution is 2.11. The highest BCUT2D eigenvalue weighted by molar-refractivity contribution is 5.95. The van der Waals surface area contributed by atoms with Gasteiger partial charge in [-0.2, -0.15) is 5.10 Å². The van der Waals surface area contributed by atoms with Crippen LogP contribution >= 0.6 is 0 Å². The number of nitrogen functional groups attached to an aromatic ring is 1. The fourth-order valence-electron chi connectivity index (χ4n) is 1.78. The summed E-state index contributed by atoms with van der Waals surface area (Å²) >= 11 is 0. The Morgan fingerprint density at radius 3 is 2.39 bits per heavy atom. The maximum atomic E-state index is 11.0. The van der Waals surface area contributed by atoms with E-state index in [4.69, 9.17) is 11.5 Å². The molecule has 18 heavy (non-hydrogen) atoms. The van der Waals surface area contributed by atoms with Gasteiger partial charge in [0.15, 0.2) is 5.69 Å². The zero-order chi connectivity index (χ0) is 13.1. The third kappa shape index (κ3) is 2.51. The van der Waals surface area contributed by atoms with Gasteiger partial charge in [0.25, 0.3) is 5.91 Å². The molecule has 5 nitrogen and oxygen atoms in total. The van der Waals surface area contributed by atoms with E-state index in [9.17, 15) is 4.79 Å². The molecule has 0 saturated carbocycles. The zero-order valence-corrected chi connectivity index (χ0v) is 10.3. The van der Waals surface area contributed by atoms with Gasteiger partial charge in [-0.3, -0.25) is 9.48 Å². The van der Waals surface area contributed by atoms with Gasteiger partial charge in [0.05, 0.1) is 12.2 Å². The monoisotopic (exact) mass is 244 g/mol. The van der Waals surface area contributed by atoms with Crippen LogP contribution < -0.4 is 11.5 Å². The second-order valence-electron chi connectivity index (χ2n) is 4.16. The molecule has 1 aromatic carbocycles. The van der Waals surface area contributed by atoms with Crippen LogP contribution in [0, 0.1) is 0 Å². The summed E-state index contributed by atoms with van der Waals surface area (Å²) in [5.74, 6) is -0.604. The van der Waals surface area contributed by atoms with E-state index < -0.39 is 5.91 Å².